The van der Waals surface area contributed by atoms with Crippen LogP contribution in [0.15, 0.2) is 12.4 Å². The number of aromatic nitrogens is 2. The van der Waals surface area contributed by atoms with Gasteiger partial charge in [-0.05, 0) is 20.3 Å². The molecule has 3 rings (SSSR count). The summed E-state index contributed by atoms with van der Waals surface area (Å²) in [7, 11) is 0. The fourth-order valence-electron chi connectivity index (χ4n) is 3.38. The number of hydrogen-bond donors (Lipinski definition) is 1. The van der Waals surface area contributed by atoms with Crippen LogP contribution in [0.25, 0.3) is 0 Å². The Hall–Kier alpha value is -1.44. The molecule has 0 aliphatic carbocycles. The lowest BCUT2D eigenvalue weighted by molar-refractivity contribution is -0.137. The number of aryl methyl sites for hydroxylation is 1. The average Bonchev–Trinajstić information content (AvgIpc) is 3.28. The van der Waals surface area contributed by atoms with E-state index in [4.69, 9.17) is 9.47 Å². The van der Waals surface area contributed by atoms with Crippen LogP contribution < -0.4 is 5.32 Å². The molecular formula is C17H28N4O3. The van der Waals surface area contributed by atoms with Crippen molar-refractivity contribution in [2.45, 2.75) is 39.0 Å². The van der Waals surface area contributed by atoms with E-state index in [-0.39, 0.29) is 18.1 Å². The zero-order valence-electron chi connectivity index (χ0n) is 14.6. The van der Waals surface area contributed by atoms with Crippen molar-refractivity contribution in [2.75, 3.05) is 39.5 Å². The maximum Gasteiger partial charge on any atom is 0.239 e. The van der Waals surface area contributed by atoms with Crippen LogP contribution in [0.1, 0.15) is 31.9 Å². The average molecular weight is 336 g/mol. The molecule has 2 saturated heterocycles. The number of hydrogen-bond acceptors (Lipinski definition) is 5. The number of rotatable bonds is 6. The first-order valence-electron chi connectivity index (χ1n) is 8.93. The van der Waals surface area contributed by atoms with Gasteiger partial charge >= 0.3 is 0 Å². The van der Waals surface area contributed by atoms with Crippen LogP contribution in [0, 0.1) is 5.92 Å². The third-order valence-electron chi connectivity index (χ3n) is 4.90. The molecule has 134 valence electrons. The lowest BCUT2D eigenvalue weighted by atomic mass is 9.97. The highest BCUT2D eigenvalue weighted by Crippen LogP contribution is 2.33. The standard InChI is InChI=1S/C17H28N4O3/c1-3-21-12-15(11-19-21)16-14(4-7-24-16)10-18-13(2)17(22)20-5-8-23-9-6-20/h11-14,16,18H,3-10H2,1-2H3/t13-,14+,16+/m0/s1. The van der Waals surface area contributed by atoms with Gasteiger partial charge in [0, 0.05) is 50.5 Å². The number of carbonyl (C=O) groups is 1. The summed E-state index contributed by atoms with van der Waals surface area (Å²) in [5.74, 6) is 0.534. The van der Waals surface area contributed by atoms with Gasteiger partial charge in [0.25, 0.3) is 0 Å². The van der Waals surface area contributed by atoms with E-state index in [1.54, 1.807) is 0 Å². The number of nitrogens with zero attached hydrogens (tertiary/aromatic N) is 3. The topological polar surface area (TPSA) is 68.6 Å². The van der Waals surface area contributed by atoms with E-state index in [2.05, 4.69) is 23.5 Å². The molecule has 7 nitrogen and oxygen atoms in total. The predicted octanol–water partition coefficient (Wildman–Crippen LogP) is 0.818. The Bertz CT molecular complexity index is 542. The number of morpholine rings is 1. The largest absolute Gasteiger partial charge is 0.378 e. The van der Waals surface area contributed by atoms with E-state index in [1.165, 1.54) is 0 Å². The van der Waals surface area contributed by atoms with Gasteiger partial charge in [0.1, 0.15) is 0 Å². The Kier molecular flexibility index (Phi) is 5.86. The van der Waals surface area contributed by atoms with Crippen molar-refractivity contribution in [3.63, 3.8) is 0 Å². The molecule has 0 saturated carbocycles. The SMILES string of the molecule is CCn1cc([C@@H]2OCC[C@@H]2CN[C@@H](C)C(=O)N2CCOCC2)cn1. The third kappa shape index (κ3) is 3.96. The first-order valence-corrected chi connectivity index (χ1v) is 8.93. The lowest BCUT2D eigenvalue weighted by Crippen LogP contribution is -2.50. The molecular weight excluding hydrogens is 308 g/mol. The van der Waals surface area contributed by atoms with Crippen molar-refractivity contribution in [2.24, 2.45) is 5.92 Å². The summed E-state index contributed by atoms with van der Waals surface area (Å²) in [5.41, 5.74) is 1.13. The van der Waals surface area contributed by atoms with Gasteiger partial charge in [0.15, 0.2) is 0 Å². The van der Waals surface area contributed by atoms with Gasteiger partial charge in [-0.3, -0.25) is 9.48 Å². The summed E-state index contributed by atoms with van der Waals surface area (Å²) in [5, 5.41) is 7.74. The number of amides is 1. The fraction of sp³-hybridized carbons (Fsp3) is 0.765. The van der Waals surface area contributed by atoms with Crippen molar-refractivity contribution < 1.29 is 14.3 Å². The van der Waals surface area contributed by atoms with Crippen molar-refractivity contribution in [3.05, 3.63) is 18.0 Å². The quantitative estimate of drug-likeness (QED) is 0.833. The molecule has 0 aromatic carbocycles. The summed E-state index contributed by atoms with van der Waals surface area (Å²) in [6, 6.07) is -0.178. The zero-order valence-corrected chi connectivity index (χ0v) is 14.6. The number of ether oxygens (including phenoxy) is 2. The second-order valence-electron chi connectivity index (χ2n) is 6.54. The maximum absolute atomic E-state index is 12.5. The molecule has 0 bridgehead atoms. The minimum atomic E-state index is -0.178. The molecule has 2 aliphatic heterocycles. The highest BCUT2D eigenvalue weighted by molar-refractivity contribution is 5.81. The summed E-state index contributed by atoms with van der Waals surface area (Å²) in [4.78, 5) is 14.3. The molecule has 1 amide bonds. The minimum Gasteiger partial charge on any atom is -0.378 e. The normalized spacial score (nSPS) is 25.8. The fourth-order valence-corrected chi connectivity index (χ4v) is 3.38. The van der Waals surface area contributed by atoms with Crippen molar-refractivity contribution >= 4 is 5.91 Å². The van der Waals surface area contributed by atoms with E-state index in [0.717, 1.165) is 31.7 Å². The highest BCUT2D eigenvalue weighted by Gasteiger charge is 2.31. The van der Waals surface area contributed by atoms with E-state index in [1.807, 2.05) is 22.7 Å². The van der Waals surface area contributed by atoms with Crippen LogP contribution in [0.2, 0.25) is 0 Å². The maximum atomic E-state index is 12.5. The summed E-state index contributed by atoms with van der Waals surface area (Å²) < 4.78 is 13.1. The molecule has 24 heavy (non-hydrogen) atoms. The van der Waals surface area contributed by atoms with Gasteiger partial charge in [-0.2, -0.15) is 5.10 Å². The minimum absolute atomic E-state index is 0.0727. The zero-order chi connectivity index (χ0) is 16.9. The third-order valence-corrected chi connectivity index (χ3v) is 4.90. The van der Waals surface area contributed by atoms with Crippen molar-refractivity contribution in [1.29, 1.82) is 0 Å². The van der Waals surface area contributed by atoms with Gasteiger partial charge in [-0.25, -0.2) is 0 Å². The van der Waals surface area contributed by atoms with Gasteiger partial charge < -0.3 is 19.7 Å². The van der Waals surface area contributed by atoms with Gasteiger partial charge in [-0.15, -0.1) is 0 Å². The molecule has 2 fully saturated rings. The van der Waals surface area contributed by atoms with Crippen LogP contribution >= 0.6 is 0 Å². The van der Waals surface area contributed by atoms with Gasteiger partial charge in [0.2, 0.25) is 5.91 Å². The molecule has 0 spiro atoms. The highest BCUT2D eigenvalue weighted by atomic mass is 16.5. The first-order chi connectivity index (χ1) is 11.7. The van der Waals surface area contributed by atoms with Gasteiger partial charge in [0.05, 0.1) is 31.6 Å². The molecule has 1 aromatic heterocycles. The van der Waals surface area contributed by atoms with Crippen LogP contribution in [0.3, 0.4) is 0 Å². The Labute approximate surface area is 143 Å². The van der Waals surface area contributed by atoms with Crippen molar-refractivity contribution in [1.82, 2.24) is 20.0 Å². The Morgan fingerprint density at radius 1 is 1.42 bits per heavy atom. The van der Waals surface area contributed by atoms with Crippen LogP contribution in [-0.4, -0.2) is 66.1 Å². The number of nitrogens with one attached hydrogen (secondary N) is 1. The molecule has 2 aliphatic rings. The predicted molar refractivity (Wildman–Crippen MR) is 89.6 cm³/mol. The number of carbonyl (C=O) groups excluding carboxylic acids is 1. The van der Waals surface area contributed by atoms with E-state index < -0.39 is 0 Å². The monoisotopic (exact) mass is 336 g/mol. The molecule has 7 heteroatoms. The Balaban J connectivity index is 1.52. The summed E-state index contributed by atoms with van der Waals surface area (Å²) in [6.45, 7) is 9.07. The summed E-state index contributed by atoms with van der Waals surface area (Å²) >= 11 is 0. The van der Waals surface area contributed by atoms with Crippen LogP contribution in [-0.2, 0) is 20.8 Å². The van der Waals surface area contributed by atoms with E-state index in [9.17, 15) is 4.79 Å². The van der Waals surface area contributed by atoms with Crippen LogP contribution in [0.4, 0.5) is 0 Å². The second kappa shape index (κ2) is 8.09. The van der Waals surface area contributed by atoms with E-state index in [0.29, 0.717) is 32.2 Å². The molecule has 1 aromatic rings. The molecule has 3 atom stereocenters. The van der Waals surface area contributed by atoms with Crippen LogP contribution in [0.5, 0.6) is 0 Å². The first kappa shape index (κ1) is 17.4. The second-order valence-corrected chi connectivity index (χ2v) is 6.54. The lowest BCUT2D eigenvalue weighted by Gasteiger charge is -2.30. The Morgan fingerprint density at radius 3 is 2.92 bits per heavy atom. The van der Waals surface area contributed by atoms with Crippen molar-refractivity contribution in [3.8, 4) is 0 Å². The summed E-state index contributed by atoms with van der Waals surface area (Å²) in [6.07, 6.45) is 5.04. The molecule has 3 heterocycles. The smallest absolute Gasteiger partial charge is 0.239 e. The Morgan fingerprint density at radius 2 is 2.21 bits per heavy atom. The van der Waals surface area contributed by atoms with Gasteiger partial charge in [-0.1, -0.05) is 0 Å². The molecule has 0 unspecified atom stereocenters. The van der Waals surface area contributed by atoms with E-state index >= 15 is 0 Å². The molecule has 0 radical (unpaired) electrons. The molecule has 1 N–H and O–H groups in total.